The highest BCUT2D eigenvalue weighted by Gasteiger charge is 2.23. The van der Waals surface area contributed by atoms with E-state index in [4.69, 9.17) is 4.74 Å². The molecule has 0 aliphatic carbocycles. The molecule has 1 atom stereocenters. The Hall–Kier alpha value is -1.22. The molecule has 0 unspecified atom stereocenters. The Balaban J connectivity index is 0.00000112. The van der Waals surface area contributed by atoms with Crippen molar-refractivity contribution in [2.45, 2.75) is 18.9 Å². The summed E-state index contributed by atoms with van der Waals surface area (Å²) in [5.41, 5.74) is 2.32. The number of fused-ring (bicyclic) bond motifs is 1. The number of para-hydroxylation sites is 1. The number of ether oxygens (including phenoxy) is 1. The molecule has 1 heterocycles. The Morgan fingerprint density at radius 3 is 2.93 bits per heavy atom. The van der Waals surface area contributed by atoms with Crippen LogP contribution < -0.4 is 5.32 Å². The van der Waals surface area contributed by atoms with Gasteiger partial charge in [0.05, 0.1) is 7.11 Å². The number of hydrogen-bond donors (Lipinski definition) is 1. The van der Waals surface area contributed by atoms with Crippen LogP contribution in [0.15, 0.2) is 24.3 Å². The van der Waals surface area contributed by atoms with E-state index in [1.807, 2.05) is 18.2 Å². The predicted molar refractivity (Wildman–Crippen MR) is 61.4 cm³/mol. The quantitative estimate of drug-likeness (QED) is 0.746. The Morgan fingerprint density at radius 1 is 1.47 bits per heavy atom. The standard InChI is InChI=1S/C11H13NO2.ClH/c1-14-11(13)10-7-6-8-4-2-3-5-9(8)12-10;/h2-5,10,12H,6-7H2,1H3;1H/t10-;/m1./s1. The summed E-state index contributed by atoms with van der Waals surface area (Å²) < 4.78 is 4.70. The van der Waals surface area contributed by atoms with Crippen molar-refractivity contribution in [3.8, 4) is 0 Å². The molecule has 0 amide bonds. The Kier molecular flexibility index (Phi) is 3.97. The van der Waals surface area contributed by atoms with Gasteiger partial charge in [-0.3, -0.25) is 0 Å². The number of aryl methyl sites for hydroxylation is 1. The van der Waals surface area contributed by atoms with Gasteiger partial charge in [0.25, 0.3) is 0 Å². The summed E-state index contributed by atoms with van der Waals surface area (Å²) in [4.78, 5) is 11.3. The third-order valence-electron chi connectivity index (χ3n) is 2.54. The van der Waals surface area contributed by atoms with Crippen LogP contribution in [0.1, 0.15) is 12.0 Å². The molecule has 0 spiro atoms. The summed E-state index contributed by atoms with van der Waals surface area (Å²) in [6, 6.07) is 7.86. The molecule has 1 aromatic rings. The first-order valence-electron chi connectivity index (χ1n) is 4.73. The Bertz CT molecular complexity index is 354. The summed E-state index contributed by atoms with van der Waals surface area (Å²) >= 11 is 0. The zero-order chi connectivity index (χ0) is 9.97. The van der Waals surface area contributed by atoms with E-state index in [0.29, 0.717) is 0 Å². The van der Waals surface area contributed by atoms with E-state index >= 15 is 0 Å². The van der Waals surface area contributed by atoms with Crippen LogP contribution in [0, 0.1) is 0 Å². The smallest absolute Gasteiger partial charge is 0.328 e. The van der Waals surface area contributed by atoms with Gasteiger partial charge in [-0.2, -0.15) is 0 Å². The molecule has 0 bridgehead atoms. The number of hydrogen-bond acceptors (Lipinski definition) is 3. The minimum atomic E-state index is -0.185. The molecule has 0 fully saturated rings. The van der Waals surface area contributed by atoms with Gasteiger partial charge in [-0.25, -0.2) is 4.79 Å². The van der Waals surface area contributed by atoms with Gasteiger partial charge >= 0.3 is 5.97 Å². The van der Waals surface area contributed by atoms with E-state index in [-0.39, 0.29) is 24.4 Å². The lowest BCUT2D eigenvalue weighted by Gasteiger charge is -2.24. The largest absolute Gasteiger partial charge is 0.467 e. The zero-order valence-corrected chi connectivity index (χ0v) is 9.34. The number of carbonyl (C=O) groups excluding carboxylic acids is 1. The van der Waals surface area contributed by atoms with Gasteiger partial charge < -0.3 is 10.1 Å². The van der Waals surface area contributed by atoms with Crippen LogP contribution in [-0.4, -0.2) is 19.1 Å². The van der Waals surface area contributed by atoms with Crippen molar-refractivity contribution in [1.29, 1.82) is 0 Å². The molecule has 0 radical (unpaired) electrons. The summed E-state index contributed by atoms with van der Waals surface area (Å²) in [7, 11) is 1.42. The minimum Gasteiger partial charge on any atom is -0.467 e. The third kappa shape index (κ3) is 2.42. The second-order valence-electron chi connectivity index (χ2n) is 3.42. The molecule has 2 rings (SSSR count). The van der Waals surface area contributed by atoms with Crippen molar-refractivity contribution < 1.29 is 9.53 Å². The summed E-state index contributed by atoms with van der Waals surface area (Å²) in [5.74, 6) is -0.181. The van der Waals surface area contributed by atoms with Gasteiger partial charge in [-0.05, 0) is 24.5 Å². The average Bonchev–Trinajstić information content (AvgIpc) is 2.27. The summed E-state index contributed by atoms with van der Waals surface area (Å²) in [6.07, 6.45) is 1.74. The maximum absolute atomic E-state index is 11.3. The maximum atomic E-state index is 11.3. The lowest BCUT2D eigenvalue weighted by atomic mass is 9.98. The number of nitrogens with one attached hydrogen (secondary N) is 1. The van der Waals surface area contributed by atoms with Crippen molar-refractivity contribution in [1.82, 2.24) is 0 Å². The normalized spacial score (nSPS) is 18.1. The van der Waals surface area contributed by atoms with E-state index in [1.165, 1.54) is 12.7 Å². The second-order valence-corrected chi connectivity index (χ2v) is 3.42. The fourth-order valence-electron chi connectivity index (χ4n) is 1.76. The van der Waals surface area contributed by atoms with Crippen LogP contribution in [0.2, 0.25) is 0 Å². The van der Waals surface area contributed by atoms with Gasteiger partial charge in [0.1, 0.15) is 6.04 Å². The first-order chi connectivity index (χ1) is 6.81. The monoisotopic (exact) mass is 227 g/mol. The van der Waals surface area contributed by atoms with E-state index in [9.17, 15) is 4.79 Å². The molecule has 1 aliphatic rings. The van der Waals surface area contributed by atoms with Crippen LogP contribution in [0.25, 0.3) is 0 Å². The van der Waals surface area contributed by atoms with Crippen LogP contribution >= 0.6 is 12.4 Å². The van der Waals surface area contributed by atoms with E-state index < -0.39 is 0 Å². The number of carbonyl (C=O) groups is 1. The average molecular weight is 228 g/mol. The molecule has 15 heavy (non-hydrogen) atoms. The second kappa shape index (κ2) is 5.03. The first kappa shape index (κ1) is 11.9. The maximum Gasteiger partial charge on any atom is 0.328 e. The van der Waals surface area contributed by atoms with Crippen molar-refractivity contribution >= 4 is 24.1 Å². The van der Waals surface area contributed by atoms with Gasteiger partial charge in [0, 0.05) is 5.69 Å². The van der Waals surface area contributed by atoms with Gasteiger partial charge in [-0.15, -0.1) is 12.4 Å². The molecule has 3 nitrogen and oxygen atoms in total. The lowest BCUT2D eigenvalue weighted by Crippen LogP contribution is -2.34. The third-order valence-corrected chi connectivity index (χ3v) is 2.54. The minimum absolute atomic E-state index is 0. The number of rotatable bonds is 1. The SMILES string of the molecule is COC(=O)[C@H]1CCc2ccccc2N1.Cl. The number of anilines is 1. The molecular weight excluding hydrogens is 214 g/mol. The summed E-state index contributed by atoms with van der Waals surface area (Å²) in [5, 5.41) is 3.17. The van der Waals surface area contributed by atoms with E-state index in [2.05, 4.69) is 11.4 Å². The predicted octanol–water partition coefficient (Wildman–Crippen LogP) is 2.01. The molecule has 1 aromatic carbocycles. The molecule has 1 aliphatic heterocycles. The van der Waals surface area contributed by atoms with Crippen LogP contribution in [0.4, 0.5) is 5.69 Å². The number of methoxy groups -OCH3 is 1. The van der Waals surface area contributed by atoms with Gasteiger partial charge in [-0.1, -0.05) is 18.2 Å². The highest BCUT2D eigenvalue weighted by Crippen LogP contribution is 2.24. The van der Waals surface area contributed by atoms with Gasteiger partial charge in [0.2, 0.25) is 0 Å². The van der Waals surface area contributed by atoms with Crippen molar-refractivity contribution in [3.63, 3.8) is 0 Å². The number of esters is 1. The topological polar surface area (TPSA) is 38.3 Å². The molecular formula is C11H14ClNO2. The molecule has 0 aromatic heterocycles. The van der Waals surface area contributed by atoms with Crippen LogP contribution in [-0.2, 0) is 16.0 Å². The number of benzene rings is 1. The zero-order valence-electron chi connectivity index (χ0n) is 8.53. The molecule has 1 N–H and O–H groups in total. The fraction of sp³-hybridized carbons (Fsp3) is 0.364. The Morgan fingerprint density at radius 2 is 2.20 bits per heavy atom. The molecule has 4 heteroatoms. The molecule has 82 valence electrons. The number of halogens is 1. The highest BCUT2D eigenvalue weighted by atomic mass is 35.5. The van der Waals surface area contributed by atoms with Crippen molar-refractivity contribution in [2.75, 3.05) is 12.4 Å². The molecule has 0 saturated carbocycles. The summed E-state index contributed by atoms with van der Waals surface area (Å²) in [6.45, 7) is 0. The highest BCUT2D eigenvalue weighted by molar-refractivity contribution is 5.85. The molecule has 0 saturated heterocycles. The van der Waals surface area contributed by atoms with E-state index in [0.717, 1.165) is 18.5 Å². The lowest BCUT2D eigenvalue weighted by molar-refractivity contribution is -0.141. The fourth-order valence-corrected chi connectivity index (χ4v) is 1.76. The van der Waals surface area contributed by atoms with Gasteiger partial charge in [0.15, 0.2) is 0 Å². The van der Waals surface area contributed by atoms with Crippen molar-refractivity contribution in [2.24, 2.45) is 0 Å². The van der Waals surface area contributed by atoms with Crippen molar-refractivity contribution in [3.05, 3.63) is 29.8 Å². The van der Waals surface area contributed by atoms with Crippen LogP contribution in [0.3, 0.4) is 0 Å². The first-order valence-corrected chi connectivity index (χ1v) is 4.73. The Labute approximate surface area is 95.2 Å². The van der Waals surface area contributed by atoms with E-state index in [1.54, 1.807) is 0 Å². The van der Waals surface area contributed by atoms with Crippen LogP contribution in [0.5, 0.6) is 0 Å².